The molecule has 0 aliphatic heterocycles. The summed E-state index contributed by atoms with van der Waals surface area (Å²) in [5, 5.41) is 10.9. The molecule has 3 N–H and O–H groups in total. The number of nitrogens with zero attached hydrogens (tertiary/aromatic N) is 1. The number of rotatable bonds is 6. The molecule has 0 aliphatic rings. The number of benzene rings is 1. The fourth-order valence-corrected chi connectivity index (χ4v) is 2.91. The summed E-state index contributed by atoms with van der Waals surface area (Å²) in [6.07, 6.45) is 0.448. The van der Waals surface area contributed by atoms with Crippen LogP contribution in [0.25, 0.3) is 0 Å². The third-order valence-corrected chi connectivity index (χ3v) is 4.30. The molecule has 0 aliphatic carbocycles. The highest BCUT2D eigenvalue weighted by Crippen LogP contribution is 2.27. The van der Waals surface area contributed by atoms with Crippen molar-refractivity contribution in [2.75, 3.05) is 6.54 Å². The summed E-state index contributed by atoms with van der Waals surface area (Å²) in [6.45, 7) is 1.88. The Morgan fingerprint density at radius 2 is 2.16 bits per heavy atom. The van der Waals surface area contributed by atoms with Gasteiger partial charge in [-0.25, -0.2) is 13.1 Å². The molecule has 0 spiro atoms. The molecule has 0 bridgehead atoms. The summed E-state index contributed by atoms with van der Waals surface area (Å²) < 4.78 is 26.7. The van der Waals surface area contributed by atoms with Gasteiger partial charge in [0, 0.05) is 23.1 Å². The SMILES string of the molecule is CC(N)CCNS(=O)(=O)c1ccc(Br)cc1[N+](=O)[O-]. The summed E-state index contributed by atoms with van der Waals surface area (Å²) in [5.41, 5.74) is 5.04. The summed E-state index contributed by atoms with van der Waals surface area (Å²) in [4.78, 5) is 9.79. The van der Waals surface area contributed by atoms with Gasteiger partial charge in [-0.15, -0.1) is 0 Å². The van der Waals surface area contributed by atoms with Gasteiger partial charge < -0.3 is 5.73 Å². The summed E-state index contributed by atoms with van der Waals surface area (Å²) in [7, 11) is -3.92. The first-order valence-electron chi connectivity index (χ1n) is 5.43. The maximum atomic E-state index is 12.0. The Balaban J connectivity index is 3.04. The van der Waals surface area contributed by atoms with Crippen LogP contribution < -0.4 is 10.5 Å². The fourth-order valence-electron chi connectivity index (χ4n) is 1.36. The van der Waals surface area contributed by atoms with E-state index in [1.165, 1.54) is 12.1 Å². The van der Waals surface area contributed by atoms with E-state index in [-0.39, 0.29) is 17.5 Å². The van der Waals surface area contributed by atoms with Crippen molar-refractivity contribution >= 4 is 31.6 Å². The molecule has 0 fully saturated rings. The zero-order chi connectivity index (χ0) is 14.6. The normalized spacial score (nSPS) is 13.2. The molecule has 1 unspecified atom stereocenters. The van der Waals surface area contributed by atoms with Gasteiger partial charge in [-0.2, -0.15) is 0 Å². The van der Waals surface area contributed by atoms with Gasteiger partial charge in [-0.05, 0) is 25.5 Å². The third kappa shape index (κ3) is 4.53. The Hall–Kier alpha value is -1.03. The molecule has 0 amide bonds. The van der Waals surface area contributed by atoms with Crippen LogP contribution in [0.4, 0.5) is 5.69 Å². The van der Waals surface area contributed by atoms with Crippen molar-refractivity contribution in [1.82, 2.24) is 4.72 Å². The van der Waals surface area contributed by atoms with Gasteiger partial charge in [-0.1, -0.05) is 15.9 Å². The van der Waals surface area contributed by atoms with Crippen LogP contribution in [0.3, 0.4) is 0 Å². The smallest absolute Gasteiger partial charge is 0.290 e. The molecule has 0 radical (unpaired) electrons. The van der Waals surface area contributed by atoms with Gasteiger partial charge in [0.1, 0.15) is 0 Å². The molecular weight excluding hydrogens is 338 g/mol. The fraction of sp³-hybridized carbons (Fsp3) is 0.400. The predicted octanol–water partition coefficient (Wildman–Crippen LogP) is 1.37. The first-order chi connectivity index (χ1) is 8.74. The minimum atomic E-state index is -3.92. The Labute approximate surface area is 119 Å². The van der Waals surface area contributed by atoms with E-state index in [0.29, 0.717) is 10.9 Å². The number of nitro groups is 1. The number of hydrogen-bond acceptors (Lipinski definition) is 5. The molecule has 7 nitrogen and oxygen atoms in total. The van der Waals surface area contributed by atoms with Crippen molar-refractivity contribution in [3.63, 3.8) is 0 Å². The lowest BCUT2D eigenvalue weighted by Gasteiger charge is -2.09. The molecule has 1 atom stereocenters. The largest absolute Gasteiger partial charge is 0.328 e. The molecule has 9 heteroatoms. The molecule has 0 saturated carbocycles. The van der Waals surface area contributed by atoms with Gasteiger partial charge >= 0.3 is 0 Å². The van der Waals surface area contributed by atoms with Crippen LogP contribution in [0.5, 0.6) is 0 Å². The number of halogens is 1. The maximum absolute atomic E-state index is 12.0. The summed E-state index contributed by atoms with van der Waals surface area (Å²) >= 11 is 3.07. The van der Waals surface area contributed by atoms with Crippen molar-refractivity contribution < 1.29 is 13.3 Å². The molecular formula is C10H14BrN3O4S. The van der Waals surface area contributed by atoms with Gasteiger partial charge in [0.15, 0.2) is 4.90 Å². The number of nitrogens with one attached hydrogen (secondary N) is 1. The first-order valence-corrected chi connectivity index (χ1v) is 7.71. The quantitative estimate of drug-likeness (QED) is 0.593. The molecule has 1 aromatic rings. The minimum Gasteiger partial charge on any atom is -0.328 e. The Morgan fingerprint density at radius 1 is 1.53 bits per heavy atom. The van der Waals surface area contributed by atoms with Crippen LogP contribution >= 0.6 is 15.9 Å². The lowest BCUT2D eigenvalue weighted by atomic mass is 10.3. The van der Waals surface area contributed by atoms with Crippen LogP contribution in [0.15, 0.2) is 27.6 Å². The summed E-state index contributed by atoms with van der Waals surface area (Å²) in [6, 6.07) is 3.63. The van der Waals surface area contributed by atoms with Gasteiger partial charge in [-0.3, -0.25) is 10.1 Å². The molecule has 1 rings (SSSR count). The number of nitrogens with two attached hydrogens (primary N) is 1. The molecule has 0 saturated heterocycles. The first kappa shape index (κ1) is 16.0. The van der Waals surface area contributed by atoms with E-state index in [4.69, 9.17) is 5.73 Å². The van der Waals surface area contributed by atoms with Crippen LogP contribution in [0.2, 0.25) is 0 Å². The van der Waals surface area contributed by atoms with Crippen LogP contribution in [0.1, 0.15) is 13.3 Å². The van der Waals surface area contributed by atoms with E-state index in [1.807, 2.05) is 0 Å². The van der Waals surface area contributed by atoms with E-state index in [9.17, 15) is 18.5 Å². The standard InChI is InChI=1S/C10H14BrN3O4S/c1-7(12)4-5-13-19(17,18)10-3-2-8(11)6-9(10)14(15)16/h2-3,6-7,13H,4-5,12H2,1H3. The second kappa shape index (κ2) is 6.42. The van der Waals surface area contributed by atoms with Gasteiger partial charge in [0.2, 0.25) is 10.0 Å². The van der Waals surface area contributed by atoms with Gasteiger partial charge in [0.05, 0.1) is 4.92 Å². The second-order valence-electron chi connectivity index (χ2n) is 4.03. The van der Waals surface area contributed by atoms with Gasteiger partial charge in [0.25, 0.3) is 5.69 Å². The van der Waals surface area contributed by atoms with E-state index in [1.54, 1.807) is 6.92 Å². The van der Waals surface area contributed by atoms with E-state index in [0.717, 1.165) is 6.07 Å². The lowest BCUT2D eigenvalue weighted by Crippen LogP contribution is -2.29. The highest BCUT2D eigenvalue weighted by molar-refractivity contribution is 9.10. The van der Waals surface area contributed by atoms with E-state index in [2.05, 4.69) is 20.7 Å². The summed E-state index contributed by atoms with van der Waals surface area (Å²) in [5.74, 6) is 0. The molecule has 19 heavy (non-hydrogen) atoms. The Morgan fingerprint density at radius 3 is 2.68 bits per heavy atom. The zero-order valence-electron chi connectivity index (χ0n) is 10.2. The molecule has 1 aromatic carbocycles. The maximum Gasteiger partial charge on any atom is 0.290 e. The van der Waals surface area contributed by atoms with Crippen molar-refractivity contribution in [2.24, 2.45) is 5.73 Å². The van der Waals surface area contributed by atoms with Crippen molar-refractivity contribution in [3.8, 4) is 0 Å². The van der Waals surface area contributed by atoms with Crippen molar-refractivity contribution in [2.45, 2.75) is 24.3 Å². The van der Waals surface area contributed by atoms with Crippen molar-refractivity contribution in [3.05, 3.63) is 32.8 Å². The van der Waals surface area contributed by atoms with Crippen LogP contribution in [-0.4, -0.2) is 25.9 Å². The molecule has 0 aromatic heterocycles. The number of sulfonamides is 1. The average Bonchev–Trinajstić information content (AvgIpc) is 2.27. The Bertz CT molecular complexity index is 574. The molecule has 0 heterocycles. The topological polar surface area (TPSA) is 115 Å². The van der Waals surface area contributed by atoms with Crippen LogP contribution in [-0.2, 0) is 10.0 Å². The predicted molar refractivity (Wildman–Crippen MR) is 74.3 cm³/mol. The number of hydrogen-bond donors (Lipinski definition) is 2. The second-order valence-corrected chi connectivity index (χ2v) is 6.68. The van der Waals surface area contributed by atoms with E-state index < -0.39 is 20.6 Å². The Kier molecular flexibility index (Phi) is 5.41. The van der Waals surface area contributed by atoms with E-state index >= 15 is 0 Å². The number of nitro benzene ring substituents is 1. The monoisotopic (exact) mass is 351 g/mol. The third-order valence-electron chi connectivity index (χ3n) is 2.30. The molecule has 106 valence electrons. The highest BCUT2D eigenvalue weighted by atomic mass is 79.9. The van der Waals surface area contributed by atoms with Crippen LogP contribution in [0, 0.1) is 10.1 Å². The lowest BCUT2D eigenvalue weighted by molar-refractivity contribution is -0.387. The average molecular weight is 352 g/mol. The van der Waals surface area contributed by atoms with Crippen molar-refractivity contribution in [1.29, 1.82) is 0 Å². The zero-order valence-corrected chi connectivity index (χ0v) is 12.6. The highest BCUT2D eigenvalue weighted by Gasteiger charge is 2.25. The minimum absolute atomic E-state index is 0.132.